The molecule has 0 atom stereocenters. The standard InChI is InChI=1S/C13H22N4O2S/c1-4-12-10(2)9-14-13(15-12)17-7-5-11(6-8-17)16-20(3,18)19/h9,11,16H,4-8H2,1-3H3. The van der Waals surface area contributed by atoms with Gasteiger partial charge in [0.2, 0.25) is 16.0 Å². The summed E-state index contributed by atoms with van der Waals surface area (Å²) in [5.41, 5.74) is 2.19. The fourth-order valence-corrected chi connectivity index (χ4v) is 3.32. The Hall–Kier alpha value is -1.21. The van der Waals surface area contributed by atoms with Gasteiger partial charge in [0.25, 0.3) is 0 Å². The number of hydrogen-bond acceptors (Lipinski definition) is 5. The van der Waals surface area contributed by atoms with Crippen molar-refractivity contribution in [2.45, 2.75) is 39.2 Å². The Morgan fingerprint density at radius 1 is 1.40 bits per heavy atom. The summed E-state index contributed by atoms with van der Waals surface area (Å²) in [6, 6.07) is 0.0253. The molecular formula is C13H22N4O2S. The Morgan fingerprint density at radius 3 is 2.60 bits per heavy atom. The molecule has 1 N–H and O–H groups in total. The molecule has 6 nitrogen and oxygen atoms in total. The summed E-state index contributed by atoms with van der Waals surface area (Å²) >= 11 is 0. The first-order valence-corrected chi connectivity index (χ1v) is 8.83. The molecule has 0 aliphatic carbocycles. The van der Waals surface area contributed by atoms with Crippen LogP contribution in [0.25, 0.3) is 0 Å². The van der Waals surface area contributed by atoms with E-state index >= 15 is 0 Å². The number of rotatable bonds is 4. The second-order valence-corrected chi connectivity index (χ2v) is 7.08. The molecular weight excluding hydrogens is 276 g/mol. The lowest BCUT2D eigenvalue weighted by atomic mass is 10.1. The number of nitrogens with zero attached hydrogens (tertiary/aromatic N) is 3. The maximum Gasteiger partial charge on any atom is 0.225 e. The lowest BCUT2D eigenvalue weighted by Gasteiger charge is -2.32. The Bertz CT molecular complexity index is 566. The van der Waals surface area contributed by atoms with Gasteiger partial charge in [0.15, 0.2) is 0 Å². The summed E-state index contributed by atoms with van der Waals surface area (Å²) in [4.78, 5) is 11.1. The SMILES string of the molecule is CCc1nc(N2CCC(NS(C)(=O)=O)CC2)ncc1C. The first-order valence-electron chi connectivity index (χ1n) is 6.94. The van der Waals surface area contributed by atoms with E-state index < -0.39 is 10.0 Å². The van der Waals surface area contributed by atoms with Crippen LogP contribution in [-0.2, 0) is 16.4 Å². The van der Waals surface area contributed by atoms with Gasteiger partial charge in [0.1, 0.15) is 0 Å². The zero-order chi connectivity index (χ0) is 14.8. The molecule has 1 aromatic rings. The summed E-state index contributed by atoms with van der Waals surface area (Å²) in [5.74, 6) is 0.755. The molecule has 0 spiro atoms. The highest BCUT2D eigenvalue weighted by Gasteiger charge is 2.23. The average Bonchev–Trinajstić information content (AvgIpc) is 2.38. The van der Waals surface area contributed by atoms with E-state index in [2.05, 4.69) is 26.5 Å². The lowest BCUT2D eigenvalue weighted by Crippen LogP contribution is -2.44. The van der Waals surface area contributed by atoms with Crippen LogP contribution in [0.2, 0.25) is 0 Å². The van der Waals surface area contributed by atoms with Crippen molar-refractivity contribution in [1.82, 2.24) is 14.7 Å². The van der Waals surface area contributed by atoms with Crippen molar-refractivity contribution in [3.05, 3.63) is 17.5 Å². The van der Waals surface area contributed by atoms with Crippen molar-refractivity contribution in [1.29, 1.82) is 0 Å². The van der Waals surface area contributed by atoms with Gasteiger partial charge in [-0.05, 0) is 31.7 Å². The fourth-order valence-electron chi connectivity index (χ4n) is 2.48. The molecule has 112 valence electrons. The molecule has 1 fully saturated rings. The molecule has 2 rings (SSSR count). The second kappa shape index (κ2) is 6.05. The minimum atomic E-state index is -3.12. The number of aryl methyl sites for hydroxylation is 2. The van der Waals surface area contributed by atoms with E-state index in [9.17, 15) is 8.42 Å². The van der Waals surface area contributed by atoms with Crippen molar-refractivity contribution in [2.24, 2.45) is 0 Å². The third-order valence-corrected chi connectivity index (χ3v) is 4.32. The van der Waals surface area contributed by atoms with Gasteiger partial charge >= 0.3 is 0 Å². The number of piperidine rings is 1. The van der Waals surface area contributed by atoms with Gasteiger partial charge < -0.3 is 4.90 Å². The maximum absolute atomic E-state index is 11.2. The molecule has 0 amide bonds. The summed E-state index contributed by atoms with van der Waals surface area (Å²) in [7, 11) is -3.12. The van der Waals surface area contributed by atoms with Gasteiger partial charge in [0, 0.05) is 31.0 Å². The predicted octanol–water partition coefficient (Wildman–Crippen LogP) is 0.865. The molecule has 0 aromatic carbocycles. The highest BCUT2D eigenvalue weighted by Crippen LogP contribution is 2.18. The Labute approximate surface area is 120 Å². The zero-order valence-corrected chi connectivity index (χ0v) is 13.1. The van der Waals surface area contributed by atoms with E-state index in [0.29, 0.717) is 0 Å². The van der Waals surface area contributed by atoms with Crippen LogP contribution in [0.1, 0.15) is 31.0 Å². The second-order valence-electron chi connectivity index (χ2n) is 5.30. The number of nitrogens with one attached hydrogen (secondary N) is 1. The van der Waals surface area contributed by atoms with Gasteiger partial charge in [-0.2, -0.15) is 0 Å². The Kier molecular flexibility index (Phi) is 4.59. The van der Waals surface area contributed by atoms with E-state index in [1.807, 2.05) is 13.1 Å². The summed E-state index contributed by atoms with van der Waals surface area (Å²) < 4.78 is 25.1. The lowest BCUT2D eigenvalue weighted by molar-refractivity contribution is 0.457. The fraction of sp³-hybridized carbons (Fsp3) is 0.692. The molecule has 2 heterocycles. The van der Waals surface area contributed by atoms with Crippen LogP contribution in [0.3, 0.4) is 0 Å². The Morgan fingerprint density at radius 2 is 2.05 bits per heavy atom. The first kappa shape index (κ1) is 15.2. The van der Waals surface area contributed by atoms with Crippen LogP contribution in [0.4, 0.5) is 5.95 Å². The third kappa shape index (κ3) is 3.89. The highest BCUT2D eigenvalue weighted by atomic mass is 32.2. The van der Waals surface area contributed by atoms with Crippen molar-refractivity contribution < 1.29 is 8.42 Å². The summed E-state index contributed by atoms with van der Waals surface area (Å²) in [6.07, 6.45) is 5.53. The van der Waals surface area contributed by atoms with Crippen LogP contribution in [0, 0.1) is 6.92 Å². The van der Waals surface area contributed by atoms with Crippen LogP contribution < -0.4 is 9.62 Å². The minimum Gasteiger partial charge on any atom is -0.341 e. The summed E-state index contributed by atoms with van der Waals surface area (Å²) in [6.45, 7) is 5.66. The zero-order valence-electron chi connectivity index (χ0n) is 12.3. The molecule has 1 aliphatic heterocycles. The normalized spacial score (nSPS) is 17.4. The molecule has 1 aromatic heterocycles. The molecule has 0 unspecified atom stereocenters. The third-order valence-electron chi connectivity index (χ3n) is 3.56. The van der Waals surface area contributed by atoms with Crippen molar-refractivity contribution in [2.75, 3.05) is 24.2 Å². The molecule has 0 bridgehead atoms. The van der Waals surface area contributed by atoms with E-state index in [-0.39, 0.29) is 6.04 Å². The van der Waals surface area contributed by atoms with E-state index in [4.69, 9.17) is 0 Å². The number of anilines is 1. The van der Waals surface area contributed by atoms with Gasteiger partial charge in [-0.15, -0.1) is 0 Å². The Balaban J connectivity index is 2.00. The van der Waals surface area contributed by atoms with Gasteiger partial charge in [-0.25, -0.2) is 23.1 Å². The number of aromatic nitrogens is 2. The monoisotopic (exact) mass is 298 g/mol. The van der Waals surface area contributed by atoms with Crippen LogP contribution in [0.5, 0.6) is 0 Å². The molecule has 7 heteroatoms. The molecule has 0 saturated carbocycles. The quantitative estimate of drug-likeness (QED) is 0.892. The topological polar surface area (TPSA) is 75.2 Å². The van der Waals surface area contributed by atoms with Crippen LogP contribution >= 0.6 is 0 Å². The maximum atomic E-state index is 11.2. The molecule has 0 radical (unpaired) electrons. The van der Waals surface area contributed by atoms with Gasteiger partial charge in [0.05, 0.1) is 6.26 Å². The largest absolute Gasteiger partial charge is 0.341 e. The van der Waals surface area contributed by atoms with E-state index in [1.54, 1.807) is 0 Å². The smallest absolute Gasteiger partial charge is 0.225 e. The highest BCUT2D eigenvalue weighted by molar-refractivity contribution is 7.88. The number of hydrogen-bond donors (Lipinski definition) is 1. The predicted molar refractivity (Wildman–Crippen MR) is 79.4 cm³/mol. The molecule has 1 aliphatic rings. The average molecular weight is 298 g/mol. The van der Waals surface area contributed by atoms with E-state index in [0.717, 1.165) is 49.6 Å². The molecule has 20 heavy (non-hydrogen) atoms. The first-order chi connectivity index (χ1) is 9.39. The van der Waals surface area contributed by atoms with Crippen molar-refractivity contribution >= 4 is 16.0 Å². The van der Waals surface area contributed by atoms with Crippen molar-refractivity contribution in [3.8, 4) is 0 Å². The van der Waals surface area contributed by atoms with Crippen LogP contribution in [0.15, 0.2) is 6.20 Å². The molecule has 1 saturated heterocycles. The minimum absolute atomic E-state index is 0.0253. The van der Waals surface area contributed by atoms with Crippen LogP contribution in [-0.4, -0.2) is 43.8 Å². The summed E-state index contributed by atoms with van der Waals surface area (Å²) in [5, 5.41) is 0. The van der Waals surface area contributed by atoms with E-state index in [1.165, 1.54) is 6.26 Å². The number of sulfonamides is 1. The van der Waals surface area contributed by atoms with Gasteiger partial charge in [-0.1, -0.05) is 6.92 Å². The van der Waals surface area contributed by atoms with Gasteiger partial charge in [-0.3, -0.25) is 0 Å². The van der Waals surface area contributed by atoms with Crippen molar-refractivity contribution in [3.63, 3.8) is 0 Å².